The summed E-state index contributed by atoms with van der Waals surface area (Å²) in [4.78, 5) is 37.8. The highest BCUT2D eigenvalue weighted by atomic mass is 16.3. The second kappa shape index (κ2) is 12.3. The van der Waals surface area contributed by atoms with E-state index in [1.54, 1.807) is 6.07 Å². The van der Waals surface area contributed by atoms with Crippen molar-refractivity contribution in [2.24, 2.45) is 0 Å². The Morgan fingerprint density at radius 2 is 1.76 bits per heavy atom. The maximum atomic E-state index is 13.3. The van der Waals surface area contributed by atoms with Crippen LogP contribution in [0.25, 0.3) is 0 Å². The van der Waals surface area contributed by atoms with Crippen molar-refractivity contribution in [1.29, 1.82) is 0 Å². The Morgan fingerprint density at radius 3 is 2.48 bits per heavy atom. The maximum absolute atomic E-state index is 13.3. The third kappa shape index (κ3) is 6.30. The number of carbonyl (C=O) groups excluding carboxylic acids is 2. The third-order valence-electron chi connectivity index (χ3n) is 8.50. The van der Waals surface area contributed by atoms with Crippen molar-refractivity contribution in [3.63, 3.8) is 0 Å². The van der Waals surface area contributed by atoms with Gasteiger partial charge in [0.2, 0.25) is 0 Å². The van der Waals surface area contributed by atoms with Gasteiger partial charge in [-0.1, -0.05) is 24.8 Å². The third-order valence-corrected chi connectivity index (χ3v) is 8.50. The number of oxazole rings is 1. The van der Waals surface area contributed by atoms with Crippen LogP contribution in [-0.2, 0) is 0 Å². The van der Waals surface area contributed by atoms with Gasteiger partial charge in [0.25, 0.3) is 11.8 Å². The van der Waals surface area contributed by atoms with E-state index in [1.165, 1.54) is 23.2 Å². The Kier molecular flexibility index (Phi) is 8.17. The average molecular weight is 569 g/mol. The minimum atomic E-state index is -0.339. The van der Waals surface area contributed by atoms with Gasteiger partial charge in [0.05, 0.1) is 11.4 Å². The van der Waals surface area contributed by atoms with Crippen molar-refractivity contribution in [3.8, 4) is 0 Å². The van der Waals surface area contributed by atoms with E-state index in [-0.39, 0.29) is 17.5 Å². The number of nitrogens with zero attached hydrogens (tertiary/aromatic N) is 4. The molecule has 9 heteroatoms. The molecule has 3 aromatic rings. The number of amides is 2. The first-order valence-corrected chi connectivity index (χ1v) is 15.1. The number of piperazine rings is 1. The summed E-state index contributed by atoms with van der Waals surface area (Å²) in [6.07, 6.45) is 6.59. The van der Waals surface area contributed by atoms with Gasteiger partial charge in [-0.05, 0) is 68.9 Å². The van der Waals surface area contributed by atoms with E-state index in [0.717, 1.165) is 77.1 Å². The summed E-state index contributed by atoms with van der Waals surface area (Å²) < 4.78 is 5.56. The van der Waals surface area contributed by atoms with E-state index in [2.05, 4.69) is 68.1 Å². The predicted molar refractivity (Wildman–Crippen MR) is 165 cm³/mol. The van der Waals surface area contributed by atoms with E-state index in [0.29, 0.717) is 29.6 Å². The fourth-order valence-corrected chi connectivity index (χ4v) is 5.89. The van der Waals surface area contributed by atoms with Gasteiger partial charge in [-0.3, -0.25) is 9.59 Å². The molecule has 220 valence electrons. The summed E-state index contributed by atoms with van der Waals surface area (Å²) in [5.41, 5.74) is 5.96. The number of rotatable bonds is 10. The summed E-state index contributed by atoms with van der Waals surface area (Å²) >= 11 is 0. The second-order valence-electron chi connectivity index (χ2n) is 11.6. The molecule has 42 heavy (non-hydrogen) atoms. The molecule has 1 aromatic heterocycles. The number of aromatic nitrogens is 1. The summed E-state index contributed by atoms with van der Waals surface area (Å²) in [5, 5.41) is 6.09. The van der Waals surface area contributed by atoms with Gasteiger partial charge >= 0.3 is 0 Å². The number of likely N-dealkylation sites (tertiary alicyclic amines) is 1. The zero-order chi connectivity index (χ0) is 29.1. The molecule has 0 atom stereocenters. The highest BCUT2D eigenvalue weighted by Crippen LogP contribution is 2.39. The lowest BCUT2D eigenvalue weighted by atomic mass is 10.1. The Morgan fingerprint density at radius 1 is 1.00 bits per heavy atom. The molecule has 3 heterocycles. The number of benzene rings is 2. The molecule has 0 radical (unpaired) electrons. The van der Waals surface area contributed by atoms with Crippen molar-refractivity contribution < 1.29 is 14.0 Å². The zero-order valence-corrected chi connectivity index (χ0v) is 24.4. The first-order chi connectivity index (χ1) is 20.5. The minimum absolute atomic E-state index is 0.154. The molecule has 2 aliphatic heterocycles. The number of hydrogen-bond donors (Lipinski definition) is 2. The molecule has 2 amide bonds. The molecule has 1 saturated carbocycles. The molecule has 2 N–H and O–H groups in total. The lowest BCUT2D eigenvalue weighted by molar-refractivity contribution is 0.0951. The van der Waals surface area contributed by atoms with Gasteiger partial charge in [0, 0.05) is 68.7 Å². The number of carbonyl (C=O) groups is 2. The molecular formula is C33H40N6O3. The molecule has 2 aromatic carbocycles. The first kappa shape index (κ1) is 27.9. The van der Waals surface area contributed by atoms with E-state index in [4.69, 9.17) is 4.42 Å². The van der Waals surface area contributed by atoms with E-state index >= 15 is 0 Å². The molecular weight excluding hydrogens is 528 g/mol. The topological polar surface area (TPSA) is 94.0 Å². The van der Waals surface area contributed by atoms with E-state index < -0.39 is 0 Å². The number of nitrogens with one attached hydrogen (secondary N) is 2. The van der Waals surface area contributed by atoms with Crippen LogP contribution in [0.1, 0.15) is 70.3 Å². The van der Waals surface area contributed by atoms with Crippen LogP contribution in [0.15, 0.2) is 65.4 Å². The second-order valence-corrected chi connectivity index (χ2v) is 11.6. The number of anilines is 3. The summed E-state index contributed by atoms with van der Waals surface area (Å²) in [6, 6.07) is 14.0. The van der Waals surface area contributed by atoms with Crippen LogP contribution in [0.3, 0.4) is 0 Å². The Labute approximate surface area is 247 Å². The predicted octanol–water partition coefficient (Wildman–Crippen LogP) is 5.17. The smallest absolute Gasteiger partial charge is 0.277 e. The Bertz CT molecular complexity index is 1450. The van der Waals surface area contributed by atoms with E-state index in [9.17, 15) is 9.59 Å². The normalized spacial score (nSPS) is 17.1. The molecule has 6 rings (SSSR count). The molecule has 1 aliphatic carbocycles. The van der Waals surface area contributed by atoms with Crippen molar-refractivity contribution in [1.82, 2.24) is 15.2 Å². The largest absolute Gasteiger partial charge is 0.448 e. The highest BCUT2D eigenvalue weighted by Gasteiger charge is 2.30. The molecule has 0 spiro atoms. The van der Waals surface area contributed by atoms with Crippen LogP contribution in [0.4, 0.5) is 17.1 Å². The van der Waals surface area contributed by atoms with Crippen LogP contribution in [0, 0.1) is 6.92 Å². The van der Waals surface area contributed by atoms with Gasteiger partial charge in [0.1, 0.15) is 6.26 Å². The SMILES string of the molecule is C=C1CCCN1CCCNC(=O)c1ccc(N2CCN(c3ccccc3C)CC2)c(NC(=O)c2coc(C3CC3)n2)c1. The van der Waals surface area contributed by atoms with Crippen molar-refractivity contribution in [2.45, 2.75) is 44.9 Å². The van der Waals surface area contributed by atoms with Gasteiger partial charge in [-0.15, -0.1) is 0 Å². The molecule has 0 unspecified atom stereocenters. The molecule has 3 fully saturated rings. The molecule has 2 saturated heterocycles. The number of hydrogen-bond acceptors (Lipinski definition) is 7. The molecule has 3 aliphatic rings. The maximum Gasteiger partial charge on any atom is 0.277 e. The van der Waals surface area contributed by atoms with Crippen LogP contribution in [-0.4, -0.2) is 67.5 Å². The van der Waals surface area contributed by atoms with Crippen LogP contribution >= 0.6 is 0 Å². The summed E-state index contributed by atoms with van der Waals surface area (Å²) in [7, 11) is 0. The van der Waals surface area contributed by atoms with Gasteiger partial charge in [-0.2, -0.15) is 0 Å². The lowest BCUT2D eigenvalue weighted by Crippen LogP contribution is -2.47. The lowest BCUT2D eigenvalue weighted by Gasteiger charge is -2.38. The van der Waals surface area contributed by atoms with Crippen LogP contribution in [0.2, 0.25) is 0 Å². The molecule has 0 bridgehead atoms. The standard InChI is InChI=1S/C33H40N6O3/c1-23-7-3-4-9-29(23)38-17-19-39(20-18-38)30-13-12-26(31(40)34-14-6-16-37-15-5-8-24(37)2)21-27(30)35-32(41)28-22-42-33(36-28)25-10-11-25/h3-4,7,9,12-13,21-22,25H,2,5-6,8,10-11,14-20H2,1H3,(H,34,40)(H,35,41). The Hall–Kier alpha value is -4.27. The van der Waals surface area contributed by atoms with Crippen molar-refractivity contribution in [2.75, 3.05) is 60.9 Å². The number of allylic oxidation sites excluding steroid dienone is 1. The van der Waals surface area contributed by atoms with Gasteiger partial charge in [-0.25, -0.2) is 4.98 Å². The van der Waals surface area contributed by atoms with E-state index in [1.807, 2.05) is 12.1 Å². The zero-order valence-electron chi connectivity index (χ0n) is 24.4. The van der Waals surface area contributed by atoms with Crippen molar-refractivity contribution in [3.05, 3.63) is 83.7 Å². The number of para-hydroxylation sites is 1. The van der Waals surface area contributed by atoms with Gasteiger partial charge < -0.3 is 29.8 Å². The number of aryl methyl sites for hydroxylation is 1. The van der Waals surface area contributed by atoms with Gasteiger partial charge in [0.15, 0.2) is 11.6 Å². The van der Waals surface area contributed by atoms with Crippen molar-refractivity contribution >= 4 is 28.9 Å². The highest BCUT2D eigenvalue weighted by molar-refractivity contribution is 6.06. The minimum Gasteiger partial charge on any atom is -0.448 e. The summed E-state index contributed by atoms with van der Waals surface area (Å²) in [6.45, 7) is 12.1. The average Bonchev–Trinajstić information content (AvgIpc) is 3.59. The fraction of sp³-hybridized carbons (Fsp3) is 0.424. The quantitative estimate of drug-likeness (QED) is 0.326. The monoisotopic (exact) mass is 568 g/mol. The van der Waals surface area contributed by atoms with Crippen LogP contribution < -0.4 is 20.4 Å². The first-order valence-electron chi connectivity index (χ1n) is 15.1. The fourth-order valence-electron chi connectivity index (χ4n) is 5.89. The Balaban J connectivity index is 1.15. The molecule has 9 nitrogen and oxygen atoms in total. The van der Waals surface area contributed by atoms with Crippen LogP contribution in [0.5, 0.6) is 0 Å². The summed E-state index contributed by atoms with van der Waals surface area (Å²) in [5.74, 6) is 0.452.